The summed E-state index contributed by atoms with van der Waals surface area (Å²) in [6.07, 6.45) is 0.326. The Balaban J connectivity index is 1.53. The van der Waals surface area contributed by atoms with Gasteiger partial charge in [0.15, 0.2) is 0 Å². The van der Waals surface area contributed by atoms with Crippen LogP contribution in [-0.2, 0) is 15.1 Å². The van der Waals surface area contributed by atoms with Crippen molar-refractivity contribution in [2.75, 3.05) is 6.54 Å². The van der Waals surface area contributed by atoms with E-state index >= 15 is 0 Å². The summed E-state index contributed by atoms with van der Waals surface area (Å²) in [4.78, 5) is 31.9. The summed E-state index contributed by atoms with van der Waals surface area (Å²) < 4.78 is 19.5. The third-order valence-electron chi connectivity index (χ3n) is 6.45. The molecule has 3 aromatic rings. The first-order valence-corrected chi connectivity index (χ1v) is 12.1. The Morgan fingerprint density at radius 1 is 1.21 bits per heavy atom. The topological polar surface area (TPSA) is 85.5 Å². The average molecular weight is 482 g/mol. The molecule has 34 heavy (non-hydrogen) atoms. The van der Waals surface area contributed by atoms with Crippen LogP contribution in [-0.4, -0.2) is 28.4 Å². The number of primary amides is 1. The summed E-state index contributed by atoms with van der Waals surface area (Å²) >= 11 is 1.66. The molecule has 1 saturated heterocycles. The van der Waals surface area contributed by atoms with E-state index < -0.39 is 17.6 Å². The van der Waals surface area contributed by atoms with Gasteiger partial charge in [0, 0.05) is 25.8 Å². The maximum atomic E-state index is 13.5. The number of aromatic nitrogens is 1. The van der Waals surface area contributed by atoms with Gasteiger partial charge in [-0.05, 0) is 49.6 Å². The number of hydrogen-bond donors (Lipinski definition) is 1. The third kappa shape index (κ3) is 4.82. The van der Waals surface area contributed by atoms with Crippen LogP contribution in [0.4, 0.5) is 9.18 Å². The molecule has 0 bridgehead atoms. The maximum Gasteiger partial charge on any atom is 0.411 e. The molecule has 0 radical (unpaired) electrons. The maximum absolute atomic E-state index is 13.5. The molecule has 2 aromatic carbocycles. The molecular weight excluding hydrogens is 453 g/mol. The molecular formula is C26H28FN3O3S. The third-order valence-corrected chi connectivity index (χ3v) is 7.57. The SMILES string of the molecule is Cc1nc(C)c(-c2ccc([C@H](C)N3CC[C@@](CCC(N)=O)(c4ccc(F)cc4)OC3=O)cc2)s1. The molecule has 2 N–H and O–H groups in total. The zero-order chi connectivity index (χ0) is 24.5. The van der Waals surface area contributed by atoms with Crippen molar-refractivity contribution in [3.8, 4) is 10.4 Å². The molecule has 8 heteroatoms. The smallest absolute Gasteiger partial charge is 0.411 e. The summed E-state index contributed by atoms with van der Waals surface area (Å²) in [5, 5.41) is 1.03. The van der Waals surface area contributed by atoms with Crippen molar-refractivity contribution in [1.82, 2.24) is 9.88 Å². The number of nitrogens with zero attached hydrogens (tertiary/aromatic N) is 2. The minimum Gasteiger partial charge on any atom is -0.438 e. The molecule has 0 saturated carbocycles. The van der Waals surface area contributed by atoms with Crippen molar-refractivity contribution in [3.05, 3.63) is 76.2 Å². The van der Waals surface area contributed by atoms with Crippen LogP contribution in [0.15, 0.2) is 48.5 Å². The quantitative estimate of drug-likeness (QED) is 0.474. The van der Waals surface area contributed by atoms with Gasteiger partial charge < -0.3 is 15.4 Å². The lowest BCUT2D eigenvalue weighted by Gasteiger charge is -2.43. The van der Waals surface area contributed by atoms with Crippen molar-refractivity contribution in [2.45, 2.75) is 51.7 Å². The minimum absolute atomic E-state index is 0.0676. The van der Waals surface area contributed by atoms with E-state index in [1.165, 1.54) is 12.1 Å². The van der Waals surface area contributed by atoms with E-state index in [0.29, 0.717) is 18.5 Å². The normalized spacial score (nSPS) is 19.1. The number of amides is 2. The Labute approximate surface area is 202 Å². The minimum atomic E-state index is -1.01. The Kier molecular flexibility index (Phi) is 6.70. The lowest BCUT2D eigenvalue weighted by atomic mass is 9.84. The summed E-state index contributed by atoms with van der Waals surface area (Å²) in [6.45, 7) is 6.40. The number of benzene rings is 2. The second-order valence-electron chi connectivity index (χ2n) is 8.72. The van der Waals surface area contributed by atoms with Crippen LogP contribution in [0.2, 0.25) is 0 Å². The first kappa shape index (κ1) is 23.9. The Bertz CT molecular complexity index is 1190. The molecule has 1 aromatic heterocycles. The Hall–Kier alpha value is -3.26. The number of rotatable bonds is 7. The number of aryl methyl sites for hydroxylation is 2. The lowest BCUT2D eigenvalue weighted by Crippen LogP contribution is -2.49. The van der Waals surface area contributed by atoms with Gasteiger partial charge in [-0.15, -0.1) is 11.3 Å². The van der Waals surface area contributed by atoms with Crippen LogP contribution >= 0.6 is 11.3 Å². The van der Waals surface area contributed by atoms with Crippen molar-refractivity contribution < 1.29 is 18.7 Å². The summed E-state index contributed by atoms with van der Waals surface area (Å²) in [7, 11) is 0. The highest BCUT2D eigenvalue weighted by Gasteiger charge is 2.43. The van der Waals surface area contributed by atoms with Gasteiger partial charge in [0.2, 0.25) is 5.91 Å². The fraction of sp³-hybridized carbons (Fsp3) is 0.346. The van der Waals surface area contributed by atoms with Crippen molar-refractivity contribution in [2.24, 2.45) is 5.73 Å². The van der Waals surface area contributed by atoms with E-state index in [1.807, 2.05) is 32.9 Å². The van der Waals surface area contributed by atoms with Crippen LogP contribution in [0.1, 0.15) is 54.1 Å². The number of thiazole rings is 1. The fourth-order valence-corrected chi connectivity index (χ4v) is 5.44. The van der Waals surface area contributed by atoms with Gasteiger partial charge in [0.05, 0.1) is 21.6 Å². The number of nitrogens with two attached hydrogens (primary N) is 1. The van der Waals surface area contributed by atoms with Crippen molar-refractivity contribution >= 4 is 23.3 Å². The van der Waals surface area contributed by atoms with E-state index in [1.54, 1.807) is 28.4 Å². The molecule has 2 amide bonds. The summed E-state index contributed by atoms with van der Waals surface area (Å²) in [5.74, 6) is -0.849. The molecule has 0 spiro atoms. The Morgan fingerprint density at radius 3 is 2.44 bits per heavy atom. The van der Waals surface area contributed by atoms with Gasteiger partial charge in [0.25, 0.3) is 0 Å². The Morgan fingerprint density at radius 2 is 1.88 bits per heavy atom. The number of carbonyl (C=O) groups is 2. The van der Waals surface area contributed by atoms with Gasteiger partial charge in [0.1, 0.15) is 11.4 Å². The van der Waals surface area contributed by atoms with Crippen LogP contribution in [0.3, 0.4) is 0 Å². The fourth-order valence-electron chi connectivity index (χ4n) is 4.52. The first-order chi connectivity index (χ1) is 16.2. The van der Waals surface area contributed by atoms with E-state index in [2.05, 4.69) is 17.1 Å². The summed E-state index contributed by atoms with van der Waals surface area (Å²) in [5.41, 5.74) is 8.12. The molecule has 1 fully saturated rings. The molecule has 4 rings (SSSR count). The zero-order valence-corrected chi connectivity index (χ0v) is 20.3. The van der Waals surface area contributed by atoms with E-state index in [9.17, 15) is 14.0 Å². The van der Waals surface area contributed by atoms with Gasteiger partial charge in [-0.25, -0.2) is 14.2 Å². The molecule has 1 aliphatic heterocycles. The van der Waals surface area contributed by atoms with E-state index in [4.69, 9.17) is 10.5 Å². The van der Waals surface area contributed by atoms with Crippen molar-refractivity contribution in [1.29, 1.82) is 0 Å². The highest BCUT2D eigenvalue weighted by molar-refractivity contribution is 7.15. The number of cyclic esters (lactones) is 1. The molecule has 0 unspecified atom stereocenters. The van der Waals surface area contributed by atoms with Crippen molar-refractivity contribution in [3.63, 3.8) is 0 Å². The van der Waals surface area contributed by atoms with E-state index in [-0.39, 0.29) is 24.7 Å². The number of ether oxygens (including phenoxy) is 1. The van der Waals surface area contributed by atoms with E-state index in [0.717, 1.165) is 26.7 Å². The molecule has 178 valence electrons. The van der Waals surface area contributed by atoms with Crippen LogP contribution in [0, 0.1) is 19.7 Å². The van der Waals surface area contributed by atoms with Crippen LogP contribution in [0.25, 0.3) is 10.4 Å². The predicted molar refractivity (Wildman–Crippen MR) is 130 cm³/mol. The lowest BCUT2D eigenvalue weighted by molar-refractivity contribution is -0.121. The highest BCUT2D eigenvalue weighted by atomic mass is 32.1. The molecule has 0 aliphatic carbocycles. The molecule has 2 heterocycles. The molecule has 1 aliphatic rings. The first-order valence-electron chi connectivity index (χ1n) is 11.3. The average Bonchev–Trinajstić information content (AvgIpc) is 3.15. The standard InChI is InChI=1S/C26H28FN3O3S/c1-16-24(34-18(3)29-16)20-6-4-19(5-7-20)17(2)30-15-14-26(33-25(30)32,13-12-23(28)31)21-8-10-22(27)11-9-21/h4-11,17H,12-15H2,1-3H3,(H2,28,31)/t17-,26-/m0/s1. The second kappa shape index (κ2) is 9.54. The second-order valence-corrected chi connectivity index (χ2v) is 9.93. The van der Waals surface area contributed by atoms with Crippen LogP contribution in [0.5, 0.6) is 0 Å². The summed E-state index contributed by atoms with van der Waals surface area (Å²) in [6, 6.07) is 13.8. The predicted octanol–water partition coefficient (Wildman–Crippen LogP) is 5.63. The number of hydrogen-bond acceptors (Lipinski definition) is 5. The monoisotopic (exact) mass is 481 g/mol. The molecule has 6 nitrogen and oxygen atoms in total. The molecule has 2 atom stereocenters. The van der Waals surface area contributed by atoms with Gasteiger partial charge in [-0.2, -0.15) is 0 Å². The zero-order valence-electron chi connectivity index (χ0n) is 19.5. The van der Waals surface area contributed by atoms with Gasteiger partial charge in [-0.1, -0.05) is 36.4 Å². The van der Waals surface area contributed by atoms with Gasteiger partial charge in [-0.3, -0.25) is 4.79 Å². The van der Waals surface area contributed by atoms with Crippen LogP contribution < -0.4 is 5.73 Å². The van der Waals surface area contributed by atoms with Gasteiger partial charge >= 0.3 is 6.09 Å². The largest absolute Gasteiger partial charge is 0.438 e. The number of halogens is 1. The number of carbonyl (C=O) groups excluding carboxylic acids is 2. The highest BCUT2D eigenvalue weighted by Crippen LogP contribution is 2.40.